The summed E-state index contributed by atoms with van der Waals surface area (Å²) in [4.78, 5) is 14.5. The van der Waals surface area contributed by atoms with Crippen molar-refractivity contribution in [3.05, 3.63) is 65.5 Å². The van der Waals surface area contributed by atoms with Crippen molar-refractivity contribution in [1.82, 2.24) is 4.90 Å². The van der Waals surface area contributed by atoms with Gasteiger partial charge in [0.15, 0.2) is 0 Å². The normalized spacial score (nSPS) is 17.1. The molecule has 2 aromatic rings. The SMILES string of the molecule is COCc1ccccc1NC(=O)N1CCCC1c1ccc(F)cc1. The lowest BCUT2D eigenvalue weighted by atomic mass is 10.0. The fraction of sp³-hybridized carbons (Fsp3) is 0.316. The Hall–Kier alpha value is -2.40. The first-order valence-electron chi connectivity index (χ1n) is 8.09. The number of anilines is 1. The number of hydrogen-bond acceptors (Lipinski definition) is 2. The van der Waals surface area contributed by atoms with Crippen LogP contribution in [0, 0.1) is 5.82 Å². The summed E-state index contributed by atoms with van der Waals surface area (Å²) in [6.07, 6.45) is 1.83. The zero-order valence-electron chi connectivity index (χ0n) is 13.7. The molecular formula is C19H21FN2O2. The monoisotopic (exact) mass is 328 g/mol. The maximum atomic E-state index is 13.1. The summed E-state index contributed by atoms with van der Waals surface area (Å²) in [5, 5.41) is 2.98. The van der Waals surface area contributed by atoms with E-state index in [4.69, 9.17) is 4.74 Å². The number of amides is 2. The quantitative estimate of drug-likeness (QED) is 0.907. The standard InChI is InChI=1S/C19H21FN2O2/c1-24-13-15-5-2-3-6-17(15)21-19(23)22-12-4-7-18(22)14-8-10-16(20)11-9-14/h2-3,5-6,8-11,18H,4,7,12-13H2,1H3,(H,21,23). The molecule has 0 aliphatic carbocycles. The van der Waals surface area contributed by atoms with Crippen molar-refractivity contribution >= 4 is 11.7 Å². The van der Waals surface area contributed by atoms with E-state index in [-0.39, 0.29) is 17.9 Å². The molecule has 2 amide bonds. The lowest BCUT2D eigenvalue weighted by Gasteiger charge is -2.26. The van der Waals surface area contributed by atoms with E-state index in [0.29, 0.717) is 13.2 Å². The van der Waals surface area contributed by atoms with Crippen molar-refractivity contribution in [2.45, 2.75) is 25.5 Å². The molecule has 1 atom stereocenters. The predicted octanol–water partition coefficient (Wildman–Crippen LogP) is 4.34. The first-order chi connectivity index (χ1) is 11.7. The highest BCUT2D eigenvalue weighted by Gasteiger charge is 2.30. The van der Waals surface area contributed by atoms with Gasteiger partial charge in [-0.15, -0.1) is 0 Å². The molecule has 1 aliphatic rings. The molecule has 0 spiro atoms. The van der Waals surface area contributed by atoms with Gasteiger partial charge in [0, 0.05) is 24.9 Å². The maximum absolute atomic E-state index is 13.1. The molecule has 1 aliphatic heterocycles. The van der Waals surface area contributed by atoms with Gasteiger partial charge in [-0.1, -0.05) is 30.3 Å². The minimum atomic E-state index is -0.263. The second kappa shape index (κ2) is 7.45. The van der Waals surface area contributed by atoms with Crippen LogP contribution in [0.4, 0.5) is 14.9 Å². The Morgan fingerprint density at radius 3 is 2.75 bits per heavy atom. The number of para-hydroxylation sites is 1. The number of carbonyl (C=O) groups is 1. The number of nitrogens with one attached hydrogen (secondary N) is 1. The fourth-order valence-corrected chi connectivity index (χ4v) is 3.15. The highest BCUT2D eigenvalue weighted by Crippen LogP contribution is 2.32. The number of nitrogens with zero attached hydrogens (tertiary/aromatic N) is 1. The Kier molecular flexibility index (Phi) is 5.11. The molecule has 1 unspecified atom stereocenters. The molecule has 24 heavy (non-hydrogen) atoms. The summed E-state index contributed by atoms with van der Waals surface area (Å²) >= 11 is 0. The Balaban J connectivity index is 1.75. The molecule has 126 valence electrons. The number of halogens is 1. The molecule has 0 radical (unpaired) electrons. The first-order valence-corrected chi connectivity index (χ1v) is 8.09. The first kappa shape index (κ1) is 16.5. The van der Waals surface area contributed by atoms with Crippen molar-refractivity contribution in [1.29, 1.82) is 0 Å². The zero-order valence-corrected chi connectivity index (χ0v) is 13.7. The van der Waals surface area contributed by atoms with Crippen LogP contribution in [0.1, 0.15) is 30.0 Å². The summed E-state index contributed by atoms with van der Waals surface area (Å²) in [5.41, 5.74) is 2.66. The van der Waals surface area contributed by atoms with Crippen LogP contribution < -0.4 is 5.32 Å². The average molecular weight is 328 g/mol. The van der Waals surface area contributed by atoms with Crippen molar-refractivity contribution in [3.63, 3.8) is 0 Å². The summed E-state index contributed by atoms with van der Waals surface area (Å²) in [6.45, 7) is 1.14. The van der Waals surface area contributed by atoms with E-state index in [1.807, 2.05) is 29.2 Å². The van der Waals surface area contributed by atoms with Gasteiger partial charge in [-0.05, 0) is 36.6 Å². The summed E-state index contributed by atoms with van der Waals surface area (Å²) in [5.74, 6) is -0.263. The second-order valence-corrected chi connectivity index (χ2v) is 5.92. The van der Waals surface area contributed by atoms with Crippen LogP contribution >= 0.6 is 0 Å². The molecular weight excluding hydrogens is 307 g/mol. The summed E-state index contributed by atoms with van der Waals surface area (Å²) in [6, 6.07) is 13.8. The van der Waals surface area contributed by atoms with Crippen molar-refractivity contribution in [2.24, 2.45) is 0 Å². The van der Waals surface area contributed by atoms with E-state index in [0.717, 1.165) is 29.7 Å². The maximum Gasteiger partial charge on any atom is 0.322 e. The molecule has 3 rings (SSSR count). The lowest BCUT2D eigenvalue weighted by Crippen LogP contribution is -2.34. The number of likely N-dealkylation sites (tertiary alicyclic amines) is 1. The molecule has 0 saturated carbocycles. The van der Waals surface area contributed by atoms with Gasteiger partial charge in [0.2, 0.25) is 0 Å². The third-order valence-electron chi connectivity index (χ3n) is 4.33. The summed E-state index contributed by atoms with van der Waals surface area (Å²) < 4.78 is 18.3. The zero-order chi connectivity index (χ0) is 16.9. The van der Waals surface area contributed by atoms with E-state index < -0.39 is 0 Å². The Bertz CT molecular complexity index is 703. The van der Waals surface area contributed by atoms with E-state index in [1.54, 1.807) is 19.2 Å². The smallest absolute Gasteiger partial charge is 0.322 e. The minimum Gasteiger partial charge on any atom is -0.380 e. The van der Waals surface area contributed by atoms with E-state index in [1.165, 1.54) is 12.1 Å². The second-order valence-electron chi connectivity index (χ2n) is 5.92. The van der Waals surface area contributed by atoms with E-state index in [2.05, 4.69) is 5.32 Å². The number of carbonyl (C=O) groups excluding carboxylic acids is 1. The lowest BCUT2D eigenvalue weighted by molar-refractivity contribution is 0.185. The number of rotatable bonds is 4. The number of urea groups is 1. The molecule has 4 nitrogen and oxygen atoms in total. The van der Waals surface area contributed by atoms with Crippen LogP contribution in [0.25, 0.3) is 0 Å². The highest BCUT2D eigenvalue weighted by molar-refractivity contribution is 5.90. The van der Waals surface area contributed by atoms with Crippen LogP contribution in [0.3, 0.4) is 0 Å². The van der Waals surface area contributed by atoms with Gasteiger partial charge in [0.05, 0.1) is 12.6 Å². The van der Waals surface area contributed by atoms with Crippen molar-refractivity contribution in [2.75, 3.05) is 19.0 Å². The molecule has 1 saturated heterocycles. The molecule has 2 aromatic carbocycles. The molecule has 5 heteroatoms. The average Bonchev–Trinajstić information content (AvgIpc) is 3.07. The highest BCUT2D eigenvalue weighted by atomic mass is 19.1. The van der Waals surface area contributed by atoms with Crippen LogP contribution in [-0.2, 0) is 11.3 Å². The van der Waals surface area contributed by atoms with Crippen molar-refractivity contribution < 1.29 is 13.9 Å². The van der Waals surface area contributed by atoms with Gasteiger partial charge in [-0.2, -0.15) is 0 Å². The number of ether oxygens (including phenoxy) is 1. The van der Waals surface area contributed by atoms with Gasteiger partial charge in [0.1, 0.15) is 5.82 Å². The fourth-order valence-electron chi connectivity index (χ4n) is 3.15. The minimum absolute atomic E-state index is 0.0137. The van der Waals surface area contributed by atoms with Crippen LogP contribution in [0.2, 0.25) is 0 Å². The molecule has 1 fully saturated rings. The van der Waals surface area contributed by atoms with E-state index >= 15 is 0 Å². The van der Waals surface area contributed by atoms with Gasteiger partial charge in [0.25, 0.3) is 0 Å². The van der Waals surface area contributed by atoms with Gasteiger partial charge < -0.3 is 15.0 Å². The Morgan fingerprint density at radius 2 is 2.00 bits per heavy atom. The number of benzene rings is 2. The topological polar surface area (TPSA) is 41.6 Å². The van der Waals surface area contributed by atoms with Crippen molar-refractivity contribution in [3.8, 4) is 0 Å². The largest absolute Gasteiger partial charge is 0.380 e. The number of hydrogen-bond donors (Lipinski definition) is 1. The summed E-state index contributed by atoms with van der Waals surface area (Å²) in [7, 11) is 1.63. The van der Waals surface area contributed by atoms with Crippen LogP contribution in [0.15, 0.2) is 48.5 Å². The van der Waals surface area contributed by atoms with Gasteiger partial charge >= 0.3 is 6.03 Å². The van der Waals surface area contributed by atoms with Crippen LogP contribution in [0.5, 0.6) is 0 Å². The predicted molar refractivity (Wildman–Crippen MR) is 91.3 cm³/mol. The molecule has 1 N–H and O–H groups in total. The molecule has 1 heterocycles. The Morgan fingerprint density at radius 1 is 1.25 bits per heavy atom. The van der Waals surface area contributed by atoms with Gasteiger partial charge in [-0.3, -0.25) is 0 Å². The Labute approximate surface area is 141 Å². The molecule has 0 bridgehead atoms. The van der Waals surface area contributed by atoms with Gasteiger partial charge in [-0.25, -0.2) is 9.18 Å². The van der Waals surface area contributed by atoms with E-state index in [9.17, 15) is 9.18 Å². The molecule has 0 aromatic heterocycles. The van der Waals surface area contributed by atoms with Crippen LogP contribution in [-0.4, -0.2) is 24.6 Å². The number of methoxy groups -OCH3 is 1. The third-order valence-corrected chi connectivity index (χ3v) is 4.33. The third kappa shape index (κ3) is 3.57.